The molecular formula is C18H23NO2. The van der Waals surface area contributed by atoms with Gasteiger partial charge in [0.25, 0.3) is 0 Å². The molecule has 21 heavy (non-hydrogen) atoms. The van der Waals surface area contributed by atoms with E-state index in [0.717, 1.165) is 17.1 Å². The van der Waals surface area contributed by atoms with Crippen LogP contribution in [0.15, 0.2) is 42.5 Å². The molecule has 0 bridgehead atoms. The summed E-state index contributed by atoms with van der Waals surface area (Å²) in [5.74, 6) is 2.19. The maximum Gasteiger partial charge on any atom is 0.124 e. The number of hydrogen-bond donors (Lipinski definition) is 1. The first-order valence-electron chi connectivity index (χ1n) is 7.28. The average Bonchev–Trinajstić information content (AvgIpc) is 2.47. The Labute approximate surface area is 126 Å². The lowest BCUT2D eigenvalue weighted by Crippen LogP contribution is -2.11. The summed E-state index contributed by atoms with van der Waals surface area (Å²) in [5, 5.41) is 0. The van der Waals surface area contributed by atoms with Gasteiger partial charge in [-0.15, -0.1) is 0 Å². The molecule has 0 heterocycles. The molecule has 112 valence electrons. The smallest absolute Gasteiger partial charge is 0.124 e. The first kappa shape index (κ1) is 15.2. The fraction of sp³-hybridized carbons (Fsp3) is 0.333. The van der Waals surface area contributed by atoms with Crippen molar-refractivity contribution in [1.82, 2.24) is 0 Å². The zero-order valence-corrected chi connectivity index (χ0v) is 12.9. The third-order valence-corrected chi connectivity index (χ3v) is 3.35. The molecule has 0 saturated heterocycles. The molecule has 0 aromatic heterocycles. The van der Waals surface area contributed by atoms with Crippen LogP contribution in [-0.2, 0) is 0 Å². The van der Waals surface area contributed by atoms with E-state index in [9.17, 15) is 0 Å². The van der Waals surface area contributed by atoms with Crippen molar-refractivity contribution in [2.24, 2.45) is 0 Å². The molecule has 2 N–H and O–H groups in total. The van der Waals surface area contributed by atoms with Gasteiger partial charge in [-0.1, -0.05) is 38.1 Å². The highest BCUT2D eigenvalue weighted by Crippen LogP contribution is 2.26. The third-order valence-electron chi connectivity index (χ3n) is 3.35. The lowest BCUT2D eigenvalue weighted by molar-refractivity contribution is 0.215. The van der Waals surface area contributed by atoms with Crippen LogP contribution < -0.4 is 15.2 Å². The van der Waals surface area contributed by atoms with E-state index in [4.69, 9.17) is 15.2 Å². The number of rotatable bonds is 6. The van der Waals surface area contributed by atoms with Crippen molar-refractivity contribution in [2.45, 2.75) is 26.7 Å². The minimum absolute atomic E-state index is 0.443. The van der Waals surface area contributed by atoms with Crippen LogP contribution >= 0.6 is 0 Å². The van der Waals surface area contributed by atoms with Crippen molar-refractivity contribution in [3.8, 4) is 11.5 Å². The van der Waals surface area contributed by atoms with Gasteiger partial charge in [-0.25, -0.2) is 0 Å². The summed E-state index contributed by atoms with van der Waals surface area (Å²) in [5.41, 5.74) is 8.77. The molecule has 0 radical (unpaired) electrons. The number of ether oxygens (including phenoxy) is 2. The Morgan fingerprint density at radius 3 is 2.33 bits per heavy atom. The summed E-state index contributed by atoms with van der Waals surface area (Å²) in [4.78, 5) is 0. The first-order valence-corrected chi connectivity index (χ1v) is 7.28. The summed E-state index contributed by atoms with van der Waals surface area (Å²) in [6.07, 6.45) is 0. The van der Waals surface area contributed by atoms with Crippen LogP contribution in [0.3, 0.4) is 0 Å². The second-order valence-electron chi connectivity index (χ2n) is 5.41. The third kappa shape index (κ3) is 4.15. The van der Waals surface area contributed by atoms with E-state index in [1.54, 1.807) is 0 Å². The molecule has 2 aromatic carbocycles. The molecule has 0 aliphatic carbocycles. The lowest BCUT2D eigenvalue weighted by Gasteiger charge is -2.14. The number of para-hydroxylation sites is 1. The van der Waals surface area contributed by atoms with Crippen molar-refractivity contribution < 1.29 is 9.47 Å². The molecule has 2 aromatic rings. The number of nitrogen functional groups attached to an aromatic ring is 1. The summed E-state index contributed by atoms with van der Waals surface area (Å²) in [7, 11) is 0. The van der Waals surface area contributed by atoms with Gasteiger partial charge >= 0.3 is 0 Å². The first-order chi connectivity index (χ1) is 10.1. The van der Waals surface area contributed by atoms with Gasteiger partial charge in [-0.05, 0) is 36.1 Å². The van der Waals surface area contributed by atoms with Crippen LogP contribution in [0.1, 0.15) is 30.9 Å². The van der Waals surface area contributed by atoms with Crippen LogP contribution in [0.25, 0.3) is 0 Å². The molecule has 0 fully saturated rings. The van der Waals surface area contributed by atoms with Crippen molar-refractivity contribution in [2.75, 3.05) is 18.9 Å². The molecule has 3 heteroatoms. The Morgan fingerprint density at radius 2 is 1.62 bits per heavy atom. The van der Waals surface area contributed by atoms with Gasteiger partial charge in [0.1, 0.15) is 24.7 Å². The molecule has 0 spiro atoms. The van der Waals surface area contributed by atoms with Crippen molar-refractivity contribution in [3.05, 3.63) is 53.6 Å². The molecule has 0 unspecified atom stereocenters. The number of hydrogen-bond acceptors (Lipinski definition) is 3. The molecule has 0 aliphatic heterocycles. The van der Waals surface area contributed by atoms with E-state index in [0.29, 0.717) is 24.8 Å². The maximum atomic E-state index is 5.83. The molecular weight excluding hydrogens is 262 g/mol. The number of benzene rings is 2. The Kier molecular flexibility index (Phi) is 5.09. The Hall–Kier alpha value is -2.16. The minimum Gasteiger partial charge on any atom is -0.490 e. The fourth-order valence-electron chi connectivity index (χ4n) is 2.16. The van der Waals surface area contributed by atoms with E-state index >= 15 is 0 Å². The van der Waals surface area contributed by atoms with Crippen LogP contribution in [-0.4, -0.2) is 13.2 Å². The van der Waals surface area contributed by atoms with Gasteiger partial charge in [-0.3, -0.25) is 0 Å². The van der Waals surface area contributed by atoms with E-state index in [1.807, 2.05) is 43.3 Å². The quantitative estimate of drug-likeness (QED) is 0.640. The topological polar surface area (TPSA) is 44.5 Å². The molecule has 2 rings (SSSR count). The van der Waals surface area contributed by atoms with Gasteiger partial charge in [0, 0.05) is 11.8 Å². The minimum atomic E-state index is 0.443. The Morgan fingerprint density at radius 1 is 0.952 bits per heavy atom. The number of nitrogens with two attached hydrogens (primary N) is 1. The number of aryl methyl sites for hydroxylation is 1. The zero-order chi connectivity index (χ0) is 15.2. The second kappa shape index (κ2) is 7.02. The summed E-state index contributed by atoms with van der Waals surface area (Å²) < 4.78 is 11.6. The largest absolute Gasteiger partial charge is 0.490 e. The normalized spacial score (nSPS) is 10.7. The van der Waals surface area contributed by atoms with Gasteiger partial charge in [0.2, 0.25) is 0 Å². The Bertz CT molecular complexity index is 594. The highest BCUT2D eigenvalue weighted by molar-refractivity contribution is 5.47. The van der Waals surface area contributed by atoms with Crippen LogP contribution in [0.5, 0.6) is 11.5 Å². The highest BCUT2D eigenvalue weighted by atomic mass is 16.5. The van der Waals surface area contributed by atoms with Crippen LogP contribution in [0.4, 0.5) is 5.69 Å². The van der Waals surface area contributed by atoms with Crippen LogP contribution in [0.2, 0.25) is 0 Å². The van der Waals surface area contributed by atoms with Crippen molar-refractivity contribution in [3.63, 3.8) is 0 Å². The predicted octanol–water partition coefficient (Wildman–Crippen LogP) is 4.16. The molecule has 0 amide bonds. The van der Waals surface area contributed by atoms with Crippen molar-refractivity contribution >= 4 is 5.69 Å². The summed E-state index contributed by atoms with van der Waals surface area (Å²) in [6.45, 7) is 7.34. The molecule has 0 atom stereocenters. The number of anilines is 1. The summed E-state index contributed by atoms with van der Waals surface area (Å²) >= 11 is 0. The van der Waals surface area contributed by atoms with E-state index in [2.05, 4.69) is 19.9 Å². The van der Waals surface area contributed by atoms with Gasteiger partial charge in [-0.2, -0.15) is 0 Å². The zero-order valence-electron chi connectivity index (χ0n) is 12.9. The predicted molar refractivity (Wildman–Crippen MR) is 87.1 cm³/mol. The van der Waals surface area contributed by atoms with Crippen molar-refractivity contribution in [1.29, 1.82) is 0 Å². The van der Waals surface area contributed by atoms with E-state index in [-0.39, 0.29) is 0 Å². The summed E-state index contributed by atoms with van der Waals surface area (Å²) in [6, 6.07) is 13.8. The lowest BCUT2D eigenvalue weighted by atomic mass is 10.0. The molecule has 3 nitrogen and oxygen atoms in total. The van der Waals surface area contributed by atoms with Gasteiger partial charge < -0.3 is 15.2 Å². The van der Waals surface area contributed by atoms with Crippen LogP contribution in [0, 0.1) is 6.92 Å². The van der Waals surface area contributed by atoms with Gasteiger partial charge in [0.05, 0.1) is 0 Å². The maximum absolute atomic E-state index is 5.83. The molecule has 0 aliphatic rings. The molecule has 0 saturated carbocycles. The fourth-order valence-corrected chi connectivity index (χ4v) is 2.16. The standard InChI is InChI=1S/C18H23NO2/c1-13(2)16-6-4-5-7-17(16)20-10-11-21-18-12-15(19)9-8-14(18)3/h4-9,12-13H,10-11,19H2,1-3H3. The SMILES string of the molecule is Cc1ccc(N)cc1OCCOc1ccccc1C(C)C. The Balaban J connectivity index is 1.89. The highest BCUT2D eigenvalue weighted by Gasteiger charge is 2.07. The second-order valence-corrected chi connectivity index (χ2v) is 5.41. The average molecular weight is 285 g/mol. The van der Waals surface area contributed by atoms with E-state index < -0.39 is 0 Å². The monoisotopic (exact) mass is 285 g/mol. The van der Waals surface area contributed by atoms with Gasteiger partial charge in [0.15, 0.2) is 0 Å². The van der Waals surface area contributed by atoms with E-state index in [1.165, 1.54) is 5.56 Å².